The molecule has 16 heavy (non-hydrogen) atoms. The fraction of sp³-hybridized carbons (Fsp3) is 0.500. The van der Waals surface area contributed by atoms with Crippen molar-refractivity contribution in [3.8, 4) is 0 Å². The molecule has 1 atom stereocenters. The van der Waals surface area contributed by atoms with Crippen molar-refractivity contribution >= 4 is 11.6 Å². The van der Waals surface area contributed by atoms with Crippen molar-refractivity contribution in [3.05, 3.63) is 34.1 Å². The van der Waals surface area contributed by atoms with Crippen LogP contribution >= 0.6 is 11.6 Å². The van der Waals surface area contributed by atoms with Crippen molar-refractivity contribution in [2.75, 3.05) is 13.6 Å². The van der Waals surface area contributed by atoms with Crippen LogP contribution in [0.1, 0.15) is 18.1 Å². The molecule has 0 fully saturated rings. The molecule has 1 rings (SSSR count). The van der Waals surface area contributed by atoms with Gasteiger partial charge in [0.05, 0.1) is 0 Å². The van der Waals surface area contributed by atoms with E-state index in [-0.39, 0.29) is 11.9 Å². The molecule has 4 heteroatoms. The second kappa shape index (κ2) is 5.62. The van der Waals surface area contributed by atoms with Crippen LogP contribution in [0.15, 0.2) is 12.1 Å². The van der Waals surface area contributed by atoms with Crippen molar-refractivity contribution in [2.45, 2.75) is 26.4 Å². The third kappa shape index (κ3) is 3.74. The molecule has 2 N–H and O–H groups in total. The number of hydrogen-bond acceptors (Lipinski definition) is 2. The maximum atomic E-state index is 13.4. The Balaban J connectivity index is 2.77. The Morgan fingerprint density at radius 2 is 2.12 bits per heavy atom. The average molecular weight is 245 g/mol. The molecule has 0 heterocycles. The van der Waals surface area contributed by atoms with E-state index in [1.54, 1.807) is 13.0 Å². The van der Waals surface area contributed by atoms with Crippen molar-refractivity contribution in [1.29, 1.82) is 0 Å². The van der Waals surface area contributed by atoms with Crippen molar-refractivity contribution in [3.63, 3.8) is 0 Å². The van der Waals surface area contributed by atoms with Gasteiger partial charge in [0.25, 0.3) is 0 Å². The lowest BCUT2D eigenvalue weighted by Crippen LogP contribution is -2.32. The molecule has 90 valence electrons. The summed E-state index contributed by atoms with van der Waals surface area (Å²) in [5, 5.41) is 0.607. The number of aryl methyl sites for hydroxylation is 1. The van der Waals surface area contributed by atoms with E-state index in [2.05, 4.69) is 0 Å². The summed E-state index contributed by atoms with van der Waals surface area (Å²) in [7, 11) is 1.94. The van der Waals surface area contributed by atoms with Gasteiger partial charge in [-0.1, -0.05) is 11.6 Å². The summed E-state index contributed by atoms with van der Waals surface area (Å²) in [5.74, 6) is -0.214. The molecule has 0 radical (unpaired) electrons. The molecule has 0 aliphatic rings. The van der Waals surface area contributed by atoms with Crippen molar-refractivity contribution in [2.24, 2.45) is 5.73 Å². The highest BCUT2D eigenvalue weighted by Crippen LogP contribution is 2.21. The summed E-state index contributed by atoms with van der Waals surface area (Å²) in [6.45, 7) is 5.01. The number of rotatable bonds is 4. The molecule has 0 amide bonds. The lowest BCUT2D eigenvalue weighted by molar-refractivity contribution is 0.309. The molecule has 0 aliphatic carbocycles. The van der Waals surface area contributed by atoms with Gasteiger partial charge >= 0.3 is 0 Å². The maximum Gasteiger partial charge on any atom is 0.126 e. The van der Waals surface area contributed by atoms with E-state index < -0.39 is 0 Å². The molecule has 0 aliphatic heterocycles. The zero-order chi connectivity index (χ0) is 12.3. The summed E-state index contributed by atoms with van der Waals surface area (Å²) < 4.78 is 13.4. The lowest BCUT2D eigenvalue weighted by Gasteiger charge is -2.19. The van der Waals surface area contributed by atoms with E-state index in [4.69, 9.17) is 17.3 Å². The van der Waals surface area contributed by atoms with Crippen LogP contribution in [0.25, 0.3) is 0 Å². The van der Waals surface area contributed by atoms with Gasteiger partial charge < -0.3 is 10.6 Å². The van der Waals surface area contributed by atoms with E-state index in [1.165, 1.54) is 6.07 Å². The molecular formula is C12H18ClFN2. The van der Waals surface area contributed by atoms with Gasteiger partial charge in [-0.3, -0.25) is 0 Å². The highest BCUT2D eigenvalue weighted by atomic mass is 35.5. The van der Waals surface area contributed by atoms with Gasteiger partial charge in [-0.05, 0) is 44.2 Å². The van der Waals surface area contributed by atoms with Gasteiger partial charge in [0.15, 0.2) is 0 Å². The number of nitrogens with two attached hydrogens (primary N) is 1. The Kier molecular flexibility index (Phi) is 4.71. The molecule has 1 unspecified atom stereocenters. The van der Waals surface area contributed by atoms with Gasteiger partial charge in [0.2, 0.25) is 0 Å². The number of benzene rings is 1. The highest BCUT2D eigenvalue weighted by molar-refractivity contribution is 6.31. The quantitative estimate of drug-likeness (QED) is 0.882. The van der Waals surface area contributed by atoms with Gasteiger partial charge in [-0.2, -0.15) is 0 Å². The minimum Gasteiger partial charge on any atom is -0.327 e. The average Bonchev–Trinajstić information content (AvgIpc) is 2.12. The topological polar surface area (TPSA) is 29.3 Å². The summed E-state index contributed by atoms with van der Waals surface area (Å²) >= 11 is 6.06. The molecule has 0 saturated carbocycles. The van der Waals surface area contributed by atoms with Crippen LogP contribution in [0.5, 0.6) is 0 Å². The number of halogens is 2. The predicted molar refractivity (Wildman–Crippen MR) is 66.1 cm³/mol. The first-order valence-electron chi connectivity index (χ1n) is 5.28. The minimum atomic E-state index is -0.214. The second-order valence-corrected chi connectivity index (χ2v) is 4.77. The van der Waals surface area contributed by atoms with Crippen LogP contribution in [-0.2, 0) is 6.54 Å². The van der Waals surface area contributed by atoms with Crippen LogP contribution in [0.3, 0.4) is 0 Å². The van der Waals surface area contributed by atoms with Crippen LogP contribution in [0.4, 0.5) is 4.39 Å². The van der Waals surface area contributed by atoms with Crippen molar-refractivity contribution < 1.29 is 4.39 Å². The first-order chi connectivity index (χ1) is 7.40. The molecule has 2 nitrogen and oxygen atoms in total. The predicted octanol–water partition coefficient (Wildman–Crippen LogP) is 2.57. The van der Waals surface area contributed by atoms with Gasteiger partial charge in [-0.15, -0.1) is 0 Å². The monoisotopic (exact) mass is 244 g/mol. The first kappa shape index (κ1) is 13.4. The molecule has 0 aromatic heterocycles. The number of hydrogen-bond donors (Lipinski definition) is 1. The normalized spacial score (nSPS) is 13.2. The van der Waals surface area contributed by atoms with E-state index in [9.17, 15) is 4.39 Å². The SMILES string of the molecule is Cc1cc(Cl)c(CN(C)CC(C)N)cc1F. The van der Waals surface area contributed by atoms with Crippen molar-refractivity contribution in [1.82, 2.24) is 4.90 Å². The Bertz CT molecular complexity index is 366. The van der Waals surface area contributed by atoms with E-state index >= 15 is 0 Å². The van der Waals surface area contributed by atoms with Gasteiger partial charge in [0, 0.05) is 24.2 Å². The summed E-state index contributed by atoms with van der Waals surface area (Å²) in [6, 6.07) is 3.25. The van der Waals surface area contributed by atoms with Crippen LogP contribution in [0, 0.1) is 12.7 Å². The lowest BCUT2D eigenvalue weighted by atomic mass is 10.1. The fourth-order valence-electron chi connectivity index (χ4n) is 1.66. The van der Waals surface area contributed by atoms with Gasteiger partial charge in [0.1, 0.15) is 5.82 Å². The molecule has 1 aromatic rings. The Morgan fingerprint density at radius 3 is 2.69 bits per heavy atom. The molecule has 0 spiro atoms. The third-order valence-corrected chi connectivity index (χ3v) is 2.72. The van der Waals surface area contributed by atoms with E-state index in [1.807, 2.05) is 18.9 Å². The summed E-state index contributed by atoms with van der Waals surface area (Å²) in [6.07, 6.45) is 0. The molecular weight excluding hydrogens is 227 g/mol. The highest BCUT2D eigenvalue weighted by Gasteiger charge is 2.09. The zero-order valence-corrected chi connectivity index (χ0v) is 10.7. The smallest absolute Gasteiger partial charge is 0.126 e. The molecule has 0 bridgehead atoms. The Labute approximate surface area is 101 Å². The largest absolute Gasteiger partial charge is 0.327 e. The standard InChI is InChI=1S/C12H18ClFN2/c1-8-4-11(13)10(5-12(8)14)7-16(3)6-9(2)15/h4-5,9H,6-7,15H2,1-3H3. The first-order valence-corrected chi connectivity index (χ1v) is 5.66. The zero-order valence-electron chi connectivity index (χ0n) is 9.93. The number of likely N-dealkylation sites (N-methyl/N-ethyl adjacent to an activating group) is 1. The second-order valence-electron chi connectivity index (χ2n) is 4.37. The van der Waals surface area contributed by atoms with Crippen LogP contribution < -0.4 is 5.73 Å². The minimum absolute atomic E-state index is 0.0964. The fourth-order valence-corrected chi connectivity index (χ4v) is 1.93. The van der Waals surface area contributed by atoms with Crippen LogP contribution in [0.2, 0.25) is 5.02 Å². The Hall–Kier alpha value is -0.640. The van der Waals surface area contributed by atoms with Gasteiger partial charge in [-0.25, -0.2) is 4.39 Å². The summed E-state index contributed by atoms with van der Waals surface area (Å²) in [5.41, 5.74) is 7.06. The Morgan fingerprint density at radius 1 is 1.50 bits per heavy atom. The molecule has 0 saturated heterocycles. The third-order valence-electron chi connectivity index (χ3n) is 2.37. The van der Waals surface area contributed by atoms with E-state index in [0.717, 1.165) is 12.1 Å². The summed E-state index contributed by atoms with van der Waals surface area (Å²) in [4.78, 5) is 2.03. The van der Waals surface area contributed by atoms with E-state index in [0.29, 0.717) is 17.1 Å². The maximum absolute atomic E-state index is 13.4. The number of nitrogens with zero attached hydrogens (tertiary/aromatic N) is 1. The molecule has 1 aromatic carbocycles. The van der Waals surface area contributed by atoms with Crippen LogP contribution in [-0.4, -0.2) is 24.5 Å².